The van der Waals surface area contributed by atoms with Crippen molar-refractivity contribution in [2.75, 3.05) is 5.73 Å². The van der Waals surface area contributed by atoms with E-state index in [0.29, 0.717) is 17.8 Å². The number of aromatic nitrogens is 2. The molecule has 1 aromatic carbocycles. The van der Waals surface area contributed by atoms with Gasteiger partial charge in [-0.1, -0.05) is 38.5 Å². The maximum absolute atomic E-state index is 12.1. The molecule has 0 bridgehead atoms. The molecule has 0 fully saturated rings. The molecule has 0 saturated heterocycles. The molecule has 0 radical (unpaired) electrons. The fourth-order valence-corrected chi connectivity index (χ4v) is 4.98. The number of aldehydes is 1. The summed E-state index contributed by atoms with van der Waals surface area (Å²) in [5.41, 5.74) is 14.9. The molecule has 5 nitrogen and oxygen atoms in total. The van der Waals surface area contributed by atoms with Crippen molar-refractivity contribution in [2.24, 2.45) is 0 Å². The van der Waals surface area contributed by atoms with E-state index in [1.54, 1.807) is 12.5 Å². The number of benzene rings is 1. The summed E-state index contributed by atoms with van der Waals surface area (Å²) >= 11 is 3.79. The van der Waals surface area contributed by atoms with Crippen LogP contribution in [-0.4, -0.2) is 16.1 Å². The topological polar surface area (TPSA) is 74.1 Å². The molecule has 160 valence electrons. The highest BCUT2D eigenvalue weighted by atomic mass is 79.9. The second-order valence-corrected chi connectivity index (χ2v) is 8.47. The van der Waals surface area contributed by atoms with Crippen LogP contribution in [0.1, 0.15) is 54.0 Å². The Kier molecular flexibility index (Phi) is 6.28. The van der Waals surface area contributed by atoms with Crippen LogP contribution < -0.4 is 5.73 Å². The van der Waals surface area contributed by atoms with E-state index in [-0.39, 0.29) is 0 Å². The fraction of sp³-hybridized carbons (Fsp3) is 0.280. The molecule has 2 aromatic rings. The number of unbranched alkanes of at least 4 members (excludes halogenated alkanes) is 1. The summed E-state index contributed by atoms with van der Waals surface area (Å²) in [6.07, 6.45) is 7.79. The summed E-state index contributed by atoms with van der Waals surface area (Å²) in [5.74, 6) is 0. The van der Waals surface area contributed by atoms with E-state index in [4.69, 9.17) is 15.2 Å². The number of nitrogens with two attached hydrogens (primary N) is 1. The number of para-hydroxylation sites is 1. The van der Waals surface area contributed by atoms with Gasteiger partial charge in [0.05, 0.1) is 18.2 Å². The van der Waals surface area contributed by atoms with Gasteiger partial charge in [-0.2, -0.15) is 5.10 Å². The molecule has 0 unspecified atom stereocenters. The zero-order valence-electron chi connectivity index (χ0n) is 17.8. The molecule has 6 heteroatoms. The van der Waals surface area contributed by atoms with Crippen LogP contribution >= 0.6 is 15.9 Å². The fourth-order valence-electron chi connectivity index (χ4n) is 4.22. The Labute approximate surface area is 190 Å². The molecule has 2 heterocycles. The van der Waals surface area contributed by atoms with Gasteiger partial charge in [-0.3, -0.25) is 9.48 Å². The monoisotopic (exact) mass is 479 g/mol. The number of fused-ring (bicyclic) bond motifs is 1. The predicted octanol–water partition coefficient (Wildman–Crippen LogP) is 6.36. The van der Waals surface area contributed by atoms with E-state index < -0.39 is 0 Å². The minimum absolute atomic E-state index is 0.596. The smallest absolute Gasteiger partial charge is 0.168 e. The van der Waals surface area contributed by atoms with Crippen LogP contribution in [-0.2, 0) is 19.4 Å². The van der Waals surface area contributed by atoms with Gasteiger partial charge in [0.2, 0.25) is 0 Å². The number of anilines is 1. The van der Waals surface area contributed by atoms with Gasteiger partial charge in [0.1, 0.15) is 5.69 Å². The predicted molar refractivity (Wildman–Crippen MR) is 128 cm³/mol. The first-order valence-electron chi connectivity index (χ1n) is 10.6. The van der Waals surface area contributed by atoms with Crippen LogP contribution in [0.5, 0.6) is 0 Å². The van der Waals surface area contributed by atoms with Crippen LogP contribution in [0.4, 0.5) is 5.69 Å². The molecule has 2 aliphatic rings. The van der Waals surface area contributed by atoms with Crippen molar-refractivity contribution in [1.29, 1.82) is 0 Å². The molecule has 2 N–H and O–H groups in total. The lowest BCUT2D eigenvalue weighted by Crippen LogP contribution is -2.06. The van der Waals surface area contributed by atoms with Crippen LogP contribution in [0.3, 0.4) is 0 Å². The molecule has 0 saturated carbocycles. The van der Waals surface area contributed by atoms with E-state index in [1.165, 1.54) is 0 Å². The first-order chi connectivity index (χ1) is 15.1. The van der Waals surface area contributed by atoms with Crippen LogP contribution in [0.25, 0.3) is 22.3 Å². The number of halogens is 1. The van der Waals surface area contributed by atoms with Gasteiger partial charge in [-0.05, 0) is 52.0 Å². The number of hydrogen-bond donors (Lipinski definition) is 1. The average molecular weight is 480 g/mol. The molecule has 0 atom stereocenters. The number of nitrogens with zero attached hydrogens (tertiary/aromatic N) is 2. The highest BCUT2D eigenvalue weighted by molar-refractivity contribution is 9.10. The number of carbonyl (C=O) groups excluding carboxylic acids is 1. The summed E-state index contributed by atoms with van der Waals surface area (Å²) in [6, 6.07) is 9.83. The summed E-state index contributed by atoms with van der Waals surface area (Å²) < 4.78 is 8.28. The number of rotatable bonds is 8. The van der Waals surface area contributed by atoms with E-state index in [2.05, 4.69) is 29.8 Å². The van der Waals surface area contributed by atoms with Gasteiger partial charge in [-0.25, -0.2) is 0 Å². The zero-order valence-corrected chi connectivity index (χ0v) is 19.4. The Balaban J connectivity index is 1.93. The maximum atomic E-state index is 12.1. The Morgan fingerprint density at radius 1 is 1.13 bits per heavy atom. The highest BCUT2D eigenvalue weighted by Gasteiger charge is 2.27. The van der Waals surface area contributed by atoms with Crippen molar-refractivity contribution in [3.8, 4) is 22.3 Å². The Bertz CT molecular complexity index is 1190. The van der Waals surface area contributed by atoms with Gasteiger partial charge < -0.3 is 10.2 Å². The highest BCUT2D eigenvalue weighted by Crippen LogP contribution is 2.48. The molecule has 4 rings (SSSR count). The van der Waals surface area contributed by atoms with E-state index in [9.17, 15) is 4.79 Å². The van der Waals surface area contributed by atoms with Gasteiger partial charge in [0.25, 0.3) is 0 Å². The normalized spacial score (nSPS) is 11.3. The third-order valence-electron chi connectivity index (χ3n) is 5.80. The molecule has 1 aliphatic heterocycles. The van der Waals surface area contributed by atoms with Crippen molar-refractivity contribution < 1.29 is 9.21 Å². The Morgan fingerprint density at radius 3 is 2.65 bits per heavy atom. The van der Waals surface area contributed by atoms with Crippen molar-refractivity contribution in [3.05, 3.63) is 69.8 Å². The summed E-state index contributed by atoms with van der Waals surface area (Å²) in [6.45, 7) is 4.97. The van der Waals surface area contributed by atoms with Crippen molar-refractivity contribution >= 4 is 27.9 Å². The summed E-state index contributed by atoms with van der Waals surface area (Å²) in [7, 11) is 0. The Morgan fingerprint density at radius 2 is 1.94 bits per heavy atom. The quantitative estimate of drug-likeness (QED) is 0.235. The van der Waals surface area contributed by atoms with Gasteiger partial charge >= 0.3 is 0 Å². The van der Waals surface area contributed by atoms with Gasteiger partial charge in [-0.15, -0.1) is 0 Å². The van der Waals surface area contributed by atoms with Crippen molar-refractivity contribution in [1.82, 2.24) is 9.78 Å². The lowest BCUT2D eigenvalue weighted by atomic mass is 9.94. The molecule has 1 aliphatic carbocycles. The number of carbonyl (C=O) groups is 1. The van der Waals surface area contributed by atoms with E-state index in [0.717, 1.165) is 75.6 Å². The van der Waals surface area contributed by atoms with Crippen LogP contribution in [0, 0.1) is 0 Å². The third kappa shape index (κ3) is 3.81. The standard InChI is InChI=1S/C25H26BrN3O2/c1-3-5-11-29-23(14-30)19(22(4-2)28-29)13-18-16-10-12-31-15-20(16)25(26)24(18)17-8-6-7-9-21(17)27/h6-10,12,14-15H,3-5,11,13,27H2,1-2H3. The first-order valence-corrected chi connectivity index (χ1v) is 11.4. The molecule has 0 amide bonds. The zero-order chi connectivity index (χ0) is 22.0. The maximum Gasteiger partial charge on any atom is 0.168 e. The minimum atomic E-state index is 0.596. The van der Waals surface area contributed by atoms with Crippen molar-refractivity contribution in [2.45, 2.75) is 46.1 Å². The third-order valence-corrected chi connectivity index (χ3v) is 6.63. The number of hydrogen-bond acceptors (Lipinski definition) is 4. The lowest BCUT2D eigenvalue weighted by molar-refractivity contribution is 0.111. The van der Waals surface area contributed by atoms with E-state index in [1.807, 2.05) is 35.0 Å². The van der Waals surface area contributed by atoms with Crippen LogP contribution in [0.2, 0.25) is 0 Å². The Hall–Kier alpha value is -2.86. The molecule has 0 spiro atoms. The number of nitrogen functional groups attached to an aromatic ring is 1. The lowest BCUT2D eigenvalue weighted by Gasteiger charge is -2.11. The molecular weight excluding hydrogens is 454 g/mol. The SMILES string of the molecule is CCCCn1nc(CC)c(Cc2c3ccocc-3c(Br)c2-c2ccccc2N)c1C=O. The second kappa shape index (κ2) is 9.10. The van der Waals surface area contributed by atoms with Gasteiger partial charge in [0, 0.05) is 45.4 Å². The van der Waals surface area contributed by atoms with Crippen LogP contribution in [0.15, 0.2) is 51.7 Å². The van der Waals surface area contributed by atoms with Crippen molar-refractivity contribution in [3.63, 3.8) is 0 Å². The number of aryl methyl sites for hydroxylation is 2. The molecule has 1 aromatic heterocycles. The summed E-state index contributed by atoms with van der Waals surface area (Å²) in [4.78, 5) is 12.1. The first kappa shape index (κ1) is 21.4. The minimum Gasteiger partial charge on any atom is -0.472 e. The van der Waals surface area contributed by atoms with Gasteiger partial charge in [0.15, 0.2) is 6.29 Å². The largest absolute Gasteiger partial charge is 0.472 e. The summed E-state index contributed by atoms with van der Waals surface area (Å²) in [5, 5.41) is 4.77. The second-order valence-electron chi connectivity index (χ2n) is 7.67. The average Bonchev–Trinajstić information content (AvgIpc) is 3.27. The molecule has 31 heavy (non-hydrogen) atoms. The molecular formula is C25H26BrN3O2. The van der Waals surface area contributed by atoms with E-state index >= 15 is 0 Å².